The van der Waals surface area contributed by atoms with Crippen molar-refractivity contribution in [2.24, 2.45) is 0 Å². The van der Waals surface area contributed by atoms with Gasteiger partial charge in [-0.3, -0.25) is 4.79 Å². The number of aromatic amines is 1. The molecule has 1 heterocycles. The second-order valence-corrected chi connectivity index (χ2v) is 8.07. The van der Waals surface area contributed by atoms with Gasteiger partial charge in [0.2, 0.25) is 0 Å². The molecule has 0 aliphatic carbocycles. The van der Waals surface area contributed by atoms with Crippen molar-refractivity contribution in [3.8, 4) is 17.2 Å². The van der Waals surface area contributed by atoms with Crippen LogP contribution < -0.4 is 14.2 Å². The molecular formula is C28H29NO5. The molecule has 1 N–H and O–H groups in total. The number of nitrogens with one attached hydrogen (secondary N) is 1. The highest BCUT2D eigenvalue weighted by atomic mass is 16.5. The van der Waals surface area contributed by atoms with Crippen molar-refractivity contribution in [2.45, 2.75) is 26.4 Å². The summed E-state index contributed by atoms with van der Waals surface area (Å²) >= 11 is 0. The van der Waals surface area contributed by atoms with Crippen LogP contribution in [0.1, 0.15) is 23.1 Å². The molecule has 34 heavy (non-hydrogen) atoms. The number of hydrogen-bond acceptors (Lipinski definition) is 5. The normalized spacial score (nSPS) is 10.8. The molecule has 0 bridgehead atoms. The molecule has 6 nitrogen and oxygen atoms in total. The van der Waals surface area contributed by atoms with Crippen molar-refractivity contribution >= 4 is 16.9 Å². The molecule has 0 aliphatic heterocycles. The fourth-order valence-electron chi connectivity index (χ4n) is 3.54. The Morgan fingerprint density at radius 2 is 1.47 bits per heavy atom. The van der Waals surface area contributed by atoms with Gasteiger partial charge in [-0.15, -0.1) is 0 Å². The van der Waals surface area contributed by atoms with Crippen LogP contribution in [0.25, 0.3) is 10.9 Å². The average molecular weight is 460 g/mol. The Labute approximate surface area is 199 Å². The molecule has 0 fully saturated rings. The van der Waals surface area contributed by atoms with E-state index in [2.05, 4.69) is 36.2 Å². The number of aryl methyl sites for hydroxylation is 1. The van der Waals surface area contributed by atoms with E-state index in [1.54, 1.807) is 0 Å². The molecule has 176 valence electrons. The third-order valence-electron chi connectivity index (χ3n) is 5.48. The Hall–Kier alpha value is -3.93. The summed E-state index contributed by atoms with van der Waals surface area (Å²) < 4.78 is 22.3. The smallest absolute Gasteiger partial charge is 0.310 e. The van der Waals surface area contributed by atoms with Crippen LogP contribution in [-0.2, 0) is 22.6 Å². The van der Waals surface area contributed by atoms with Gasteiger partial charge in [-0.05, 0) is 60.5 Å². The van der Waals surface area contributed by atoms with E-state index in [9.17, 15) is 4.79 Å². The molecule has 0 saturated carbocycles. The lowest BCUT2D eigenvalue weighted by molar-refractivity contribution is -0.139. The van der Waals surface area contributed by atoms with Gasteiger partial charge in [0.05, 0.1) is 26.7 Å². The van der Waals surface area contributed by atoms with Gasteiger partial charge in [0.1, 0.15) is 23.9 Å². The van der Waals surface area contributed by atoms with Crippen molar-refractivity contribution in [3.63, 3.8) is 0 Å². The molecule has 6 heteroatoms. The number of carbonyl (C=O) groups is 1. The highest BCUT2D eigenvalue weighted by molar-refractivity contribution is 5.88. The highest BCUT2D eigenvalue weighted by Crippen LogP contribution is 2.25. The number of hydrogen-bond donors (Lipinski definition) is 1. The number of fused-ring (bicyclic) bond motifs is 1. The Balaban J connectivity index is 1.19. The molecule has 4 rings (SSSR count). The highest BCUT2D eigenvalue weighted by Gasteiger charge is 2.10. The Morgan fingerprint density at radius 1 is 0.824 bits per heavy atom. The molecule has 0 atom stereocenters. The van der Waals surface area contributed by atoms with E-state index in [4.69, 9.17) is 18.9 Å². The standard InChI is InChI=1S/C28H29NO5/c1-20-4-6-21(7-5-20)19-34-24-10-8-23(9-11-24)32-14-3-15-33-25-12-13-27-26(17-25)22(18-29-27)16-28(30)31-2/h4-13,17-18,29H,3,14-16,19H2,1-2H3. The van der Waals surface area contributed by atoms with E-state index in [-0.39, 0.29) is 12.4 Å². The number of ether oxygens (including phenoxy) is 4. The van der Waals surface area contributed by atoms with Crippen molar-refractivity contribution < 1.29 is 23.7 Å². The van der Waals surface area contributed by atoms with Crippen LogP contribution in [-0.4, -0.2) is 31.3 Å². The zero-order chi connectivity index (χ0) is 23.8. The van der Waals surface area contributed by atoms with Gasteiger partial charge in [-0.25, -0.2) is 0 Å². The minimum absolute atomic E-state index is 0.226. The summed E-state index contributed by atoms with van der Waals surface area (Å²) in [4.78, 5) is 14.8. The molecule has 0 aliphatic rings. The van der Waals surface area contributed by atoms with E-state index < -0.39 is 0 Å². The second kappa shape index (κ2) is 11.3. The van der Waals surface area contributed by atoms with E-state index in [1.165, 1.54) is 12.7 Å². The molecule has 3 aromatic carbocycles. The quantitative estimate of drug-likeness (QED) is 0.233. The van der Waals surface area contributed by atoms with Crippen LogP contribution in [0.4, 0.5) is 0 Å². The fraction of sp³-hybridized carbons (Fsp3) is 0.250. The third-order valence-corrected chi connectivity index (χ3v) is 5.48. The first-order valence-electron chi connectivity index (χ1n) is 11.3. The van der Waals surface area contributed by atoms with Crippen LogP contribution in [0.15, 0.2) is 72.9 Å². The van der Waals surface area contributed by atoms with Crippen molar-refractivity contribution in [1.29, 1.82) is 0 Å². The zero-order valence-electron chi connectivity index (χ0n) is 19.5. The number of rotatable bonds is 11. The summed E-state index contributed by atoms with van der Waals surface area (Å²) in [7, 11) is 1.39. The Kier molecular flexibility index (Phi) is 7.71. The van der Waals surface area contributed by atoms with Crippen LogP contribution in [0.2, 0.25) is 0 Å². The van der Waals surface area contributed by atoms with Crippen molar-refractivity contribution in [2.75, 3.05) is 20.3 Å². The maximum atomic E-state index is 11.6. The summed E-state index contributed by atoms with van der Waals surface area (Å²) in [5.74, 6) is 2.09. The molecular weight excluding hydrogens is 430 g/mol. The minimum atomic E-state index is -0.268. The van der Waals surface area contributed by atoms with Gasteiger partial charge in [-0.1, -0.05) is 29.8 Å². The minimum Gasteiger partial charge on any atom is -0.493 e. The molecule has 0 radical (unpaired) electrons. The summed E-state index contributed by atoms with van der Waals surface area (Å²) in [6.07, 6.45) is 2.80. The van der Waals surface area contributed by atoms with Gasteiger partial charge in [0.15, 0.2) is 0 Å². The van der Waals surface area contributed by atoms with E-state index in [0.717, 1.165) is 45.7 Å². The lowest BCUT2D eigenvalue weighted by Gasteiger charge is -2.10. The molecule has 4 aromatic rings. The molecule has 0 amide bonds. The molecule has 1 aromatic heterocycles. The monoisotopic (exact) mass is 459 g/mol. The van der Waals surface area contributed by atoms with Crippen molar-refractivity contribution in [3.05, 3.63) is 89.6 Å². The first-order valence-corrected chi connectivity index (χ1v) is 11.3. The van der Waals surface area contributed by atoms with Gasteiger partial charge in [-0.2, -0.15) is 0 Å². The van der Waals surface area contributed by atoms with Gasteiger partial charge < -0.3 is 23.9 Å². The maximum absolute atomic E-state index is 11.6. The SMILES string of the molecule is COC(=O)Cc1c[nH]c2ccc(OCCCOc3ccc(OCc4ccc(C)cc4)cc3)cc12. The third kappa shape index (κ3) is 6.32. The van der Waals surface area contributed by atoms with E-state index in [1.807, 2.05) is 48.7 Å². The Morgan fingerprint density at radius 3 is 2.18 bits per heavy atom. The van der Waals surface area contributed by atoms with Crippen LogP contribution in [0.3, 0.4) is 0 Å². The number of esters is 1. The first-order chi connectivity index (χ1) is 16.6. The van der Waals surface area contributed by atoms with Crippen molar-refractivity contribution in [1.82, 2.24) is 4.98 Å². The summed E-state index contributed by atoms with van der Waals surface area (Å²) in [5, 5.41) is 0.962. The summed E-state index contributed by atoms with van der Waals surface area (Å²) in [5.41, 5.74) is 4.23. The lowest BCUT2D eigenvalue weighted by atomic mass is 10.1. The lowest BCUT2D eigenvalue weighted by Crippen LogP contribution is -2.05. The maximum Gasteiger partial charge on any atom is 0.310 e. The largest absolute Gasteiger partial charge is 0.493 e. The first kappa shape index (κ1) is 23.2. The topological polar surface area (TPSA) is 69.8 Å². The number of methoxy groups -OCH3 is 1. The van der Waals surface area contributed by atoms with E-state index >= 15 is 0 Å². The van der Waals surface area contributed by atoms with Crippen LogP contribution in [0, 0.1) is 6.92 Å². The average Bonchev–Trinajstić information content (AvgIpc) is 3.26. The van der Waals surface area contributed by atoms with Gasteiger partial charge in [0.25, 0.3) is 0 Å². The zero-order valence-corrected chi connectivity index (χ0v) is 19.5. The number of aromatic nitrogens is 1. The Bertz CT molecular complexity index is 1210. The fourth-order valence-corrected chi connectivity index (χ4v) is 3.54. The molecule has 0 saturated heterocycles. The predicted octanol–water partition coefficient (Wildman–Crippen LogP) is 5.62. The van der Waals surface area contributed by atoms with E-state index in [0.29, 0.717) is 19.8 Å². The number of H-pyrrole nitrogens is 1. The summed E-state index contributed by atoms with van der Waals surface area (Å²) in [6.45, 7) is 3.68. The predicted molar refractivity (Wildman–Crippen MR) is 132 cm³/mol. The second-order valence-electron chi connectivity index (χ2n) is 8.07. The number of carbonyl (C=O) groups excluding carboxylic acids is 1. The van der Waals surface area contributed by atoms with Crippen LogP contribution in [0.5, 0.6) is 17.2 Å². The number of benzene rings is 3. The van der Waals surface area contributed by atoms with Crippen LogP contribution >= 0.6 is 0 Å². The summed E-state index contributed by atoms with van der Waals surface area (Å²) in [6, 6.07) is 21.8. The molecule has 0 unspecified atom stereocenters. The van der Waals surface area contributed by atoms with Gasteiger partial charge >= 0.3 is 5.97 Å². The molecule has 0 spiro atoms. The van der Waals surface area contributed by atoms with Gasteiger partial charge in [0, 0.05) is 23.5 Å².